The maximum absolute atomic E-state index is 2.36. The molecule has 1 saturated carbocycles. The second-order valence-electron chi connectivity index (χ2n) is 6.64. The van der Waals surface area contributed by atoms with Crippen molar-refractivity contribution in [3.05, 3.63) is 0 Å². The van der Waals surface area contributed by atoms with Crippen LogP contribution in [0, 0.1) is 17.3 Å². The molecule has 0 radical (unpaired) electrons. The number of hydrogen-bond donors (Lipinski definition) is 0. The molecule has 0 bridgehead atoms. The van der Waals surface area contributed by atoms with Crippen molar-refractivity contribution in [1.29, 1.82) is 0 Å². The normalized spacial score (nSPS) is 19.1. The molecule has 0 N–H and O–H groups in total. The summed E-state index contributed by atoms with van der Waals surface area (Å²) in [5, 5.41) is 0. The summed E-state index contributed by atoms with van der Waals surface area (Å²) in [7, 11) is 0. The van der Waals surface area contributed by atoms with E-state index >= 15 is 0 Å². The summed E-state index contributed by atoms with van der Waals surface area (Å²) >= 11 is 0. The summed E-state index contributed by atoms with van der Waals surface area (Å²) in [6.45, 7) is 13.5. The molecule has 14 heavy (non-hydrogen) atoms. The van der Waals surface area contributed by atoms with E-state index in [1.807, 2.05) is 0 Å². The molecule has 0 aliphatic heterocycles. The average Bonchev–Trinajstić information content (AvgIpc) is 2.03. The molecule has 0 nitrogen and oxygen atoms in total. The fraction of sp³-hybridized carbons (Fsp3) is 1.00. The van der Waals surface area contributed by atoms with Crippen LogP contribution in [0.3, 0.4) is 0 Å². The van der Waals surface area contributed by atoms with Gasteiger partial charge in [-0.3, -0.25) is 0 Å². The summed E-state index contributed by atoms with van der Waals surface area (Å²) in [6, 6.07) is 0. The Hall–Kier alpha value is 0. The zero-order valence-electron chi connectivity index (χ0n) is 11.2. The van der Waals surface area contributed by atoms with E-state index in [0.29, 0.717) is 5.41 Å². The molecule has 0 heteroatoms. The molecular formula is C14H30. The van der Waals surface area contributed by atoms with Crippen molar-refractivity contribution in [2.45, 2.75) is 73.6 Å². The van der Waals surface area contributed by atoms with Gasteiger partial charge in [0.25, 0.3) is 0 Å². The minimum Gasteiger partial charge on any atom is -0.0625 e. The van der Waals surface area contributed by atoms with Gasteiger partial charge < -0.3 is 0 Å². The molecule has 0 atom stereocenters. The van der Waals surface area contributed by atoms with Crippen molar-refractivity contribution in [1.82, 2.24) is 0 Å². The third-order valence-electron chi connectivity index (χ3n) is 2.59. The van der Waals surface area contributed by atoms with Gasteiger partial charge in [0.15, 0.2) is 0 Å². The summed E-state index contributed by atoms with van der Waals surface area (Å²) in [5.41, 5.74) is 0.500. The summed E-state index contributed by atoms with van der Waals surface area (Å²) in [4.78, 5) is 0. The molecule has 0 aromatic carbocycles. The minimum atomic E-state index is 0.500. The maximum atomic E-state index is 2.36. The first-order valence-corrected chi connectivity index (χ1v) is 6.30. The van der Waals surface area contributed by atoms with Gasteiger partial charge >= 0.3 is 0 Å². The van der Waals surface area contributed by atoms with E-state index in [1.165, 1.54) is 32.1 Å². The predicted molar refractivity (Wildman–Crippen MR) is 66.5 cm³/mol. The lowest BCUT2D eigenvalue weighted by Gasteiger charge is -2.24. The monoisotopic (exact) mass is 198 g/mol. The van der Waals surface area contributed by atoms with Gasteiger partial charge in [0, 0.05) is 0 Å². The molecule has 0 heterocycles. The van der Waals surface area contributed by atoms with Crippen LogP contribution >= 0.6 is 0 Å². The second kappa shape index (κ2) is 6.48. The van der Waals surface area contributed by atoms with Crippen LogP contribution in [0.1, 0.15) is 73.6 Å². The first kappa shape index (κ1) is 14.0. The van der Waals surface area contributed by atoms with Crippen LogP contribution in [0.4, 0.5) is 0 Å². The zero-order valence-corrected chi connectivity index (χ0v) is 11.2. The Bertz CT molecular complexity index is 115. The van der Waals surface area contributed by atoms with Crippen molar-refractivity contribution in [2.75, 3.05) is 0 Å². The molecule has 1 aliphatic carbocycles. The molecule has 0 spiro atoms. The molecular weight excluding hydrogens is 168 g/mol. The molecule has 0 unspecified atom stereocenters. The Morgan fingerprint density at radius 2 is 1.21 bits per heavy atom. The van der Waals surface area contributed by atoms with E-state index in [-0.39, 0.29) is 0 Å². The quantitative estimate of drug-likeness (QED) is 0.538. The van der Waals surface area contributed by atoms with Crippen molar-refractivity contribution in [3.8, 4) is 0 Å². The van der Waals surface area contributed by atoms with Crippen LogP contribution in [-0.2, 0) is 0 Å². The third kappa shape index (κ3) is 10.1. The molecule has 1 rings (SSSR count). The Morgan fingerprint density at radius 1 is 0.857 bits per heavy atom. The van der Waals surface area contributed by atoms with Crippen molar-refractivity contribution < 1.29 is 0 Å². The van der Waals surface area contributed by atoms with Gasteiger partial charge in [-0.05, 0) is 17.3 Å². The highest BCUT2D eigenvalue weighted by Crippen LogP contribution is 2.29. The molecule has 0 aromatic heterocycles. The Kier molecular flexibility index (Phi) is 6.48. The molecule has 1 aliphatic rings. The van der Waals surface area contributed by atoms with Gasteiger partial charge in [-0.2, -0.15) is 0 Å². The van der Waals surface area contributed by atoms with Crippen LogP contribution in [-0.4, -0.2) is 0 Å². The predicted octanol–water partition coefficient (Wildman–Crippen LogP) is 5.28. The Morgan fingerprint density at radius 3 is 1.43 bits per heavy atom. The fourth-order valence-electron chi connectivity index (χ4n) is 1.80. The molecule has 0 saturated heterocycles. The number of hydrogen-bond acceptors (Lipinski definition) is 0. The van der Waals surface area contributed by atoms with Crippen LogP contribution < -0.4 is 0 Å². The number of rotatable bonds is 1. The molecule has 86 valence electrons. The summed E-state index contributed by atoms with van der Waals surface area (Å²) in [5.74, 6) is 1.99. The van der Waals surface area contributed by atoms with Crippen molar-refractivity contribution in [2.24, 2.45) is 17.3 Å². The highest BCUT2D eigenvalue weighted by atomic mass is 14.2. The lowest BCUT2D eigenvalue weighted by atomic mass is 9.82. The smallest absolute Gasteiger partial charge is 0.0391 e. The van der Waals surface area contributed by atoms with E-state index in [0.717, 1.165) is 11.8 Å². The minimum absolute atomic E-state index is 0.500. The van der Waals surface area contributed by atoms with E-state index in [2.05, 4.69) is 41.5 Å². The highest BCUT2D eigenvalue weighted by Gasteiger charge is 2.15. The molecule has 1 fully saturated rings. The van der Waals surface area contributed by atoms with Crippen LogP contribution in [0.25, 0.3) is 0 Å². The Balaban J connectivity index is 0.000000292. The van der Waals surface area contributed by atoms with E-state index in [1.54, 1.807) is 0 Å². The third-order valence-corrected chi connectivity index (χ3v) is 2.59. The zero-order chi connectivity index (χ0) is 11.2. The standard InChI is InChI=1S/C9H18.C5H12/c1-8(2)9-6-4-3-5-7-9;1-5(2,3)4/h8-9H,3-7H2,1-2H3;1-4H3. The largest absolute Gasteiger partial charge is 0.0625 e. The van der Waals surface area contributed by atoms with Gasteiger partial charge in [-0.1, -0.05) is 73.6 Å². The van der Waals surface area contributed by atoms with Crippen LogP contribution in [0.15, 0.2) is 0 Å². The second-order valence-corrected chi connectivity index (χ2v) is 6.64. The van der Waals surface area contributed by atoms with Gasteiger partial charge in [0.05, 0.1) is 0 Å². The van der Waals surface area contributed by atoms with Gasteiger partial charge in [-0.25, -0.2) is 0 Å². The molecule has 0 amide bonds. The summed E-state index contributed by atoms with van der Waals surface area (Å²) < 4.78 is 0. The van der Waals surface area contributed by atoms with Gasteiger partial charge in [-0.15, -0.1) is 0 Å². The van der Waals surface area contributed by atoms with E-state index in [4.69, 9.17) is 0 Å². The average molecular weight is 198 g/mol. The maximum Gasteiger partial charge on any atom is -0.0391 e. The van der Waals surface area contributed by atoms with E-state index in [9.17, 15) is 0 Å². The molecule has 0 aromatic rings. The highest BCUT2D eigenvalue weighted by molar-refractivity contribution is 4.67. The topological polar surface area (TPSA) is 0 Å². The SMILES string of the molecule is CC(C)(C)C.CC(C)C1CCCCC1. The van der Waals surface area contributed by atoms with Crippen LogP contribution in [0.2, 0.25) is 0 Å². The van der Waals surface area contributed by atoms with Crippen LogP contribution in [0.5, 0.6) is 0 Å². The van der Waals surface area contributed by atoms with Crippen molar-refractivity contribution >= 4 is 0 Å². The first-order chi connectivity index (χ1) is 6.30. The van der Waals surface area contributed by atoms with Gasteiger partial charge in [0.2, 0.25) is 0 Å². The summed E-state index contributed by atoms with van der Waals surface area (Å²) in [6.07, 6.45) is 7.46. The van der Waals surface area contributed by atoms with E-state index < -0.39 is 0 Å². The first-order valence-electron chi connectivity index (χ1n) is 6.30. The fourth-order valence-corrected chi connectivity index (χ4v) is 1.80. The Labute approximate surface area is 91.5 Å². The van der Waals surface area contributed by atoms with Crippen molar-refractivity contribution in [3.63, 3.8) is 0 Å². The lowest BCUT2D eigenvalue weighted by molar-refractivity contribution is 0.279. The lowest BCUT2D eigenvalue weighted by Crippen LogP contribution is -2.12. The van der Waals surface area contributed by atoms with Gasteiger partial charge in [0.1, 0.15) is 0 Å².